The van der Waals surface area contributed by atoms with Crippen LogP contribution in [-0.4, -0.2) is 11.5 Å². The van der Waals surface area contributed by atoms with Gasteiger partial charge >= 0.3 is 0 Å². The second-order valence-electron chi connectivity index (χ2n) is 3.97. The van der Waals surface area contributed by atoms with Crippen LogP contribution < -0.4 is 5.32 Å². The first-order valence-corrected chi connectivity index (χ1v) is 6.58. The Morgan fingerprint density at radius 1 is 1.50 bits per heavy atom. The third-order valence-electron chi connectivity index (χ3n) is 2.61. The normalized spacial score (nSPS) is 12.6. The number of hydrogen-bond acceptors (Lipinski definition) is 3. The van der Waals surface area contributed by atoms with Crippen molar-refractivity contribution in [1.82, 2.24) is 10.3 Å². The summed E-state index contributed by atoms with van der Waals surface area (Å²) >= 11 is 3.35. The van der Waals surface area contributed by atoms with Crippen LogP contribution in [0.4, 0.5) is 4.39 Å². The van der Waals surface area contributed by atoms with Gasteiger partial charge in [0, 0.05) is 11.8 Å². The Balaban J connectivity index is 2.33. The summed E-state index contributed by atoms with van der Waals surface area (Å²) in [6, 6.07) is 3.23. The molecule has 2 aromatic rings. The summed E-state index contributed by atoms with van der Waals surface area (Å²) in [6.45, 7) is 2.91. The van der Waals surface area contributed by atoms with Gasteiger partial charge in [-0.15, -0.1) is 0 Å². The van der Waals surface area contributed by atoms with Crippen molar-refractivity contribution in [2.45, 2.75) is 19.4 Å². The van der Waals surface area contributed by atoms with Gasteiger partial charge in [0.05, 0.1) is 18.5 Å². The van der Waals surface area contributed by atoms with Gasteiger partial charge in [-0.25, -0.2) is 4.39 Å². The van der Waals surface area contributed by atoms with Crippen molar-refractivity contribution >= 4 is 15.9 Å². The van der Waals surface area contributed by atoms with Crippen LogP contribution in [0.2, 0.25) is 0 Å². The largest absolute Gasteiger partial charge is 0.457 e. The van der Waals surface area contributed by atoms with Gasteiger partial charge in [0.25, 0.3) is 0 Å². The highest BCUT2D eigenvalue weighted by Gasteiger charge is 2.18. The molecule has 0 aliphatic carbocycles. The lowest BCUT2D eigenvalue weighted by Crippen LogP contribution is -2.23. The fourth-order valence-electron chi connectivity index (χ4n) is 1.79. The molecular formula is C13H14BrFN2O. The topological polar surface area (TPSA) is 38.1 Å². The molecule has 0 bridgehead atoms. The molecule has 2 rings (SSSR count). The summed E-state index contributed by atoms with van der Waals surface area (Å²) in [5.41, 5.74) is 1.72. The van der Waals surface area contributed by atoms with Gasteiger partial charge in [0.1, 0.15) is 5.82 Å². The van der Waals surface area contributed by atoms with E-state index in [-0.39, 0.29) is 11.9 Å². The van der Waals surface area contributed by atoms with Gasteiger partial charge in [-0.05, 0) is 46.6 Å². The Morgan fingerprint density at radius 2 is 2.33 bits per heavy atom. The second-order valence-corrected chi connectivity index (χ2v) is 4.69. The van der Waals surface area contributed by atoms with E-state index in [9.17, 15) is 4.39 Å². The van der Waals surface area contributed by atoms with E-state index in [0.29, 0.717) is 4.67 Å². The summed E-state index contributed by atoms with van der Waals surface area (Å²) in [4.78, 5) is 3.89. The fourth-order valence-corrected chi connectivity index (χ4v) is 2.26. The van der Waals surface area contributed by atoms with E-state index in [0.717, 1.165) is 24.1 Å². The van der Waals surface area contributed by atoms with Crippen LogP contribution in [0, 0.1) is 5.82 Å². The molecule has 0 aromatic carbocycles. The molecular weight excluding hydrogens is 299 g/mol. The zero-order chi connectivity index (χ0) is 13.0. The predicted molar refractivity (Wildman–Crippen MR) is 70.7 cm³/mol. The minimum absolute atomic E-state index is 0.124. The maximum atomic E-state index is 13.3. The van der Waals surface area contributed by atoms with Gasteiger partial charge in [-0.3, -0.25) is 4.98 Å². The Bertz CT molecular complexity index is 515. The Kier molecular flexibility index (Phi) is 4.49. The predicted octanol–water partition coefficient (Wildman–Crippen LogP) is 3.67. The molecule has 2 aromatic heterocycles. The summed E-state index contributed by atoms with van der Waals surface area (Å²) in [5.74, 6) is -0.338. The number of furan rings is 1. The van der Waals surface area contributed by atoms with Crippen LogP contribution in [-0.2, 0) is 0 Å². The minimum Gasteiger partial charge on any atom is -0.457 e. The first-order chi connectivity index (χ1) is 8.72. The average molecular weight is 313 g/mol. The van der Waals surface area contributed by atoms with Crippen molar-refractivity contribution in [1.29, 1.82) is 0 Å². The molecule has 3 nitrogen and oxygen atoms in total. The average Bonchev–Trinajstić information content (AvgIpc) is 2.77. The van der Waals surface area contributed by atoms with Crippen molar-refractivity contribution in [3.05, 3.63) is 52.4 Å². The number of hydrogen-bond donors (Lipinski definition) is 1. The van der Waals surface area contributed by atoms with Crippen LogP contribution in [0.15, 0.2) is 39.9 Å². The Labute approximate surface area is 114 Å². The molecule has 0 saturated heterocycles. The zero-order valence-electron chi connectivity index (χ0n) is 9.99. The Morgan fingerprint density at radius 3 is 2.94 bits per heavy atom. The molecule has 0 radical (unpaired) electrons. The van der Waals surface area contributed by atoms with E-state index >= 15 is 0 Å². The molecule has 2 heterocycles. The highest BCUT2D eigenvalue weighted by atomic mass is 79.9. The first kappa shape index (κ1) is 13.2. The van der Waals surface area contributed by atoms with Gasteiger partial charge < -0.3 is 9.73 Å². The monoisotopic (exact) mass is 312 g/mol. The molecule has 0 aliphatic heterocycles. The summed E-state index contributed by atoms with van der Waals surface area (Å²) in [7, 11) is 0. The second kappa shape index (κ2) is 6.11. The van der Waals surface area contributed by atoms with E-state index in [1.54, 1.807) is 12.5 Å². The first-order valence-electron chi connectivity index (χ1n) is 5.79. The van der Waals surface area contributed by atoms with Gasteiger partial charge in [-0.2, -0.15) is 0 Å². The van der Waals surface area contributed by atoms with E-state index in [4.69, 9.17) is 4.42 Å². The van der Waals surface area contributed by atoms with Crippen molar-refractivity contribution in [3.63, 3.8) is 0 Å². The van der Waals surface area contributed by atoms with E-state index in [1.807, 2.05) is 6.07 Å². The van der Waals surface area contributed by atoms with E-state index in [1.165, 1.54) is 12.3 Å². The number of halogens is 2. The minimum atomic E-state index is -0.338. The summed E-state index contributed by atoms with van der Waals surface area (Å²) in [5, 5.41) is 3.36. The van der Waals surface area contributed by atoms with Crippen molar-refractivity contribution < 1.29 is 8.81 Å². The third-order valence-corrected chi connectivity index (χ3v) is 3.26. The van der Waals surface area contributed by atoms with E-state index in [2.05, 4.69) is 33.2 Å². The zero-order valence-corrected chi connectivity index (χ0v) is 11.6. The van der Waals surface area contributed by atoms with Crippen LogP contribution in [0.1, 0.15) is 30.5 Å². The fraction of sp³-hybridized carbons (Fsp3) is 0.308. The summed E-state index contributed by atoms with van der Waals surface area (Å²) < 4.78 is 19.2. The van der Waals surface area contributed by atoms with Crippen molar-refractivity contribution in [2.24, 2.45) is 0 Å². The van der Waals surface area contributed by atoms with Crippen molar-refractivity contribution in [2.75, 3.05) is 6.54 Å². The van der Waals surface area contributed by atoms with Gasteiger partial charge in [0.2, 0.25) is 0 Å². The number of aromatic nitrogens is 1. The lowest BCUT2D eigenvalue weighted by atomic mass is 10.0. The highest BCUT2D eigenvalue weighted by Crippen LogP contribution is 2.29. The Hall–Kier alpha value is -1.20. The van der Waals surface area contributed by atoms with Crippen LogP contribution >= 0.6 is 15.9 Å². The molecule has 0 fully saturated rings. The van der Waals surface area contributed by atoms with Gasteiger partial charge in [0.15, 0.2) is 4.67 Å². The highest BCUT2D eigenvalue weighted by molar-refractivity contribution is 9.10. The maximum absolute atomic E-state index is 13.3. The molecule has 0 spiro atoms. The standard InChI is InChI=1S/C13H14BrFN2O/c1-2-4-17-12(11-3-5-18-13(11)14)9-6-10(15)8-16-7-9/h3,5-8,12,17H,2,4H2,1H3. The molecule has 0 amide bonds. The summed E-state index contributed by atoms with van der Waals surface area (Å²) in [6.07, 6.45) is 5.46. The molecule has 18 heavy (non-hydrogen) atoms. The van der Waals surface area contributed by atoms with Crippen LogP contribution in [0.3, 0.4) is 0 Å². The molecule has 5 heteroatoms. The molecule has 96 valence electrons. The lowest BCUT2D eigenvalue weighted by molar-refractivity contribution is 0.522. The number of rotatable bonds is 5. The maximum Gasteiger partial charge on any atom is 0.174 e. The van der Waals surface area contributed by atoms with Gasteiger partial charge in [-0.1, -0.05) is 6.92 Å². The molecule has 0 saturated carbocycles. The SMILES string of the molecule is CCCNC(c1cncc(F)c1)c1ccoc1Br. The van der Waals surface area contributed by atoms with Crippen molar-refractivity contribution in [3.8, 4) is 0 Å². The molecule has 1 unspecified atom stereocenters. The molecule has 1 N–H and O–H groups in total. The number of nitrogens with zero attached hydrogens (tertiary/aromatic N) is 1. The van der Waals surface area contributed by atoms with Crippen LogP contribution in [0.5, 0.6) is 0 Å². The smallest absolute Gasteiger partial charge is 0.174 e. The number of pyridine rings is 1. The van der Waals surface area contributed by atoms with Crippen LogP contribution in [0.25, 0.3) is 0 Å². The number of nitrogens with one attached hydrogen (secondary N) is 1. The lowest BCUT2D eigenvalue weighted by Gasteiger charge is -2.17. The molecule has 0 aliphatic rings. The van der Waals surface area contributed by atoms with E-state index < -0.39 is 0 Å². The molecule has 1 atom stereocenters. The quantitative estimate of drug-likeness (QED) is 0.915. The third kappa shape index (κ3) is 2.97.